The normalized spacial score (nSPS) is 30.6. The van der Waals surface area contributed by atoms with Crippen molar-refractivity contribution < 1.29 is 89.4 Å². The maximum atomic E-state index is 13.3. The average Bonchev–Trinajstić information content (AvgIpc) is 3.47. The zero-order valence-corrected chi connectivity index (χ0v) is 47.8. The van der Waals surface area contributed by atoms with E-state index in [-0.39, 0.29) is 18.9 Å². The van der Waals surface area contributed by atoms with Crippen LogP contribution in [0.1, 0.15) is 194 Å². The topological polar surface area (TPSA) is 307 Å². The van der Waals surface area contributed by atoms with Gasteiger partial charge in [-0.1, -0.05) is 178 Å². The van der Waals surface area contributed by atoms with E-state index in [1.807, 2.05) is 6.08 Å². The van der Waals surface area contributed by atoms with E-state index < -0.39 is 124 Å². The Hall–Kier alpha value is -2.25. The molecule has 12 N–H and O–H groups in total. The third kappa shape index (κ3) is 27.3. The second kappa shape index (κ2) is 43.4. The van der Waals surface area contributed by atoms with Gasteiger partial charge in [0.05, 0.1) is 38.6 Å². The quantitative estimate of drug-likeness (QED) is 0.0265. The van der Waals surface area contributed by atoms with Crippen LogP contribution >= 0.6 is 0 Å². The number of amides is 1. The molecule has 0 saturated carbocycles. The molecule has 17 unspecified atom stereocenters. The zero-order valence-electron chi connectivity index (χ0n) is 47.8. The molecule has 19 heteroatoms. The van der Waals surface area contributed by atoms with Gasteiger partial charge in [-0.05, 0) is 57.8 Å². The minimum absolute atomic E-state index is 0.227. The van der Waals surface area contributed by atoms with Crippen molar-refractivity contribution in [3.05, 3.63) is 48.6 Å². The Bertz CT molecular complexity index is 1630. The summed E-state index contributed by atoms with van der Waals surface area (Å²) in [5.41, 5.74) is 0. The van der Waals surface area contributed by atoms with Gasteiger partial charge >= 0.3 is 0 Å². The number of nitrogens with one attached hydrogen (secondary N) is 1. The third-order valence-corrected chi connectivity index (χ3v) is 15.1. The molecule has 3 saturated heterocycles. The number of allylic oxidation sites excluding steroid dienone is 7. The molecule has 0 bridgehead atoms. The van der Waals surface area contributed by atoms with E-state index >= 15 is 0 Å². The first-order chi connectivity index (χ1) is 38.3. The highest BCUT2D eigenvalue weighted by molar-refractivity contribution is 5.76. The second-order valence-electron chi connectivity index (χ2n) is 21.8. The smallest absolute Gasteiger partial charge is 0.220 e. The summed E-state index contributed by atoms with van der Waals surface area (Å²) in [7, 11) is 0. The highest BCUT2D eigenvalue weighted by Gasteiger charge is 2.53. The predicted octanol–water partition coefficient (Wildman–Crippen LogP) is 5.48. The summed E-state index contributed by atoms with van der Waals surface area (Å²) in [6.45, 7) is 1.67. The van der Waals surface area contributed by atoms with E-state index in [0.29, 0.717) is 6.42 Å². The lowest BCUT2D eigenvalue weighted by molar-refractivity contribution is -0.379. The summed E-state index contributed by atoms with van der Waals surface area (Å²) in [5, 5.41) is 120. The molecule has 0 aromatic carbocycles. The number of aliphatic hydroxyl groups excluding tert-OH is 11. The number of rotatable bonds is 44. The molecule has 79 heavy (non-hydrogen) atoms. The molecule has 0 aromatic heterocycles. The van der Waals surface area contributed by atoms with Crippen LogP contribution in [0.4, 0.5) is 0 Å². The highest BCUT2D eigenvalue weighted by Crippen LogP contribution is 2.33. The Balaban J connectivity index is 1.51. The minimum Gasteiger partial charge on any atom is -0.394 e. The van der Waals surface area contributed by atoms with Gasteiger partial charge in [-0.2, -0.15) is 0 Å². The number of ether oxygens (including phenoxy) is 6. The van der Waals surface area contributed by atoms with Crippen LogP contribution in [0.5, 0.6) is 0 Å². The maximum absolute atomic E-state index is 13.3. The van der Waals surface area contributed by atoms with Crippen LogP contribution in [0.15, 0.2) is 48.6 Å². The lowest BCUT2D eigenvalue weighted by Crippen LogP contribution is -2.66. The van der Waals surface area contributed by atoms with Crippen LogP contribution in [0.2, 0.25) is 0 Å². The van der Waals surface area contributed by atoms with Gasteiger partial charge in [-0.15, -0.1) is 0 Å². The first kappa shape index (κ1) is 71.0. The van der Waals surface area contributed by atoms with Crippen molar-refractivity contribution in [3.63, 3.8) is 0 Å². The fraction of sp³-hybridized carbons (Fsp3) is 0.850. The van der Waals surface area contributed by atoms with Crippen molar-refractivity contribution in [3.8, 4) is 0 Å². The first-order valence-corrected chi connectivity index (χ1v) is 30.4. The monoisotopic (exact) mass is 1130 g/mol. The number of carbonyl (C=O) groups excluding carboxylic acids is 1. The largest absolute Gasteiger partial charge is 0.394 e. The van der Waals surface area contributed by atoms with Gasteiger partial charge in [0, 0.05) is 6.42 Å². The number of unbranched alkanes of at least 4 members (excludes halogenated alkanes) is 22. The summed E-state index contributed by atoms with van der Waals surface area (Å²) in [5.74, 6) is -0.290. The molecule has 0 aliphatic carbocycles. The van der Waals surface area contributed by atoms with Gasteiger partial charge in [-0.3, -0.25) is 4.79 Å². The van der Waals surface area contributed by atoms with E-state index in [9.17, 15) is 61.0 Å². The van der Waals surface area contributed by atoms with E-state index in [1.165, 1.54) is 83.5 Å². The average molecular weight is 1130 g/mol. The summed E-state index contributed by atoms with van der Waals surface area (Å²) >= 11 is 0. The lowest BCUT2D eigenvalue weighted by Gasteiger charge is -2.48. The molecule has 3 rings (SSSR count). The molecule has 1 amide bonds. The SMILES string of the molecule is CCCCC/C=C\C/C=C\C/C=C\CCCCCCCCC(=O)NC(COC1OC(CO)C(OC2OC(CO)C(OC3OC(CO)C(O)C(O)C3O)C(O)C2O)C(O)C1O)C(O)/C=C/CCCCCCCCCCCCCCC. The molecule has 3 heterocycles. The third-order valence-electron chi connectivity index (χ3n) is 15.1. The van der Waals surface area contributed by atoms with Crippen LogP contribution in [0.25, 0.3) is 0 Å². The summed E-state index contributed by atoms with van der Waals surface area (Å²) < 4.78 is 34.2. The van der Waals surface area contributed by atoms with Crippen molar-refractivity contribution in [1.82, 2.24) is 5.32 Å². The lowest BCUT2D eigenvalue weighted by atomic mass is 9.96. The Morgan fingerprint density at radius 3 is 1.33 bits per heavy atom. The molecule has 3 aliphatic rings. The van der Waals surface area contributed by atoms with Gasteiger partial charge in [0.25, 0.3) is 0 Å². The van der Waals surface area contributed by atoms with Gasteiger partial charge in [-0.25, -0.2) is 0 Å². The standard InChI is InChI=1S/C60H107NO18/c1-3-5-7-9-11-13-15-17-19-20-21-22-24-26-28-30-32-34-36-38-48(66)61-43(44(65)37-35-33-31-29-27-25-23-18-16-14-12-10-8-6-4-2)42-74-58-54(72)51(69)56(46(40-63)76-58)79-60-55(73)52(70)57(47(41-64)77-60)78-59-53(71)50(68)49(67)45(39-62)75-59/h11,13,17,19,21-22,35,37,43-47,49-60,62-65,67-73H,3-10,12,14-16,18,20,23-34,36,38-42H2,1-2H3,(H,61,66)/b13-11-,19-17-,22-21-,37-35+. The van der Waals surface area contributed by atoms with Crippen LogP contribution < -0.4 is 5.32 Å². The zero-order chi connectivity index (χ0) is 57.6. The molecule has 0 aromatic rings. The molecule has 17 atom stereocenters. The van der Waals surface area contributed by atoms with Crippen molar-refractivity contribution >= 4 is 5.91 Å². The van der Waals surface area contributed by atoms with Crippen LogP contribution in [0, 0.1) is 0 Å². The van der Waals surface area contributed by atoms with E-state index in [4.69, 9.17) is 28.4 Å². The van der Waals surface area contributed by atoms with Crippen molar-refractivity contribution in [2.75, 3.05) is 26.4 Å². The van der Waals surface area contributed by atoms with Crippen molar-refractivity contribution in [2.45, 2.75) is 298 Å². The highest BCUT2D eigenvalue weighted by atomic mass is 16.8. The number of hydrogen-bond acceptors (Lipinski definition) is 18. The van der Waals surface area contributed by atoms with E-state index in [1.54, 1.807) is 6.08 Å². The molecule has 0 radical (unpaired) electrons. The molecule has 3 fully saturated rings. The first-order valence-electron chi connectivity index (χ1n) is 30.4. The van der Waals surface area contributed by atoms with Gasteiger partial charge in [0.15, 0.2) is 18.9 Å². The number of hydrogen-bond donors (Lipinski definition) is 12. The fourth-order valence-corrected chi connectivity index (χ4v) is 10.1. The Kier molecular flexibility index (Phi) is 39.0. The van der Waals surface area contributed by atoms with Crippen molar-refractivity contribution in [1.29, 1.82) is 0 Å². The molecular formula is C60H107NO18. The Labute approximate surface area is 472 Å². The summed E-state index contributed by atoms with van der Waals surface area (Å²) in [4.78, 5) is 13.3. The van der Waals surface area contributed by atoms with Crippen LogP contribution in [0.3, 0.4) is 0 Å². The maximum Gasteiger partial charge on any atom is 0.220 e. The Morgan fingerprint density at radius 2 is 0.835 bits per heavy atom. The fourth-order valence-electron chi connectivity index (χ4n) is 10.1. The molecule has 19 nitrogen and oxygen atoms in total. The Morgan fingerprint density at radius 1 is 0.456 bits per heavy atom. The molecule has 0 spiro atoms. The van der Waals surface area contributed by atoms with Crippen LogP contribution in [-0.2, 0) is 33.2 Å². The molecule has 460 valence electrons. The molecular weight excluding hydrogens is 1020 g/mol. The van der Waals surface area contributed by atoms with Crippen molar-refractivity contribution in [2.24, 2.45) is 0 Å². The second-order valence-corrected chi connectivity index (χ2v) is 21.8. The van der Waals surface area contributed by atoms with Crippen LogP contribution in [-0.4, -0.2) is 193 Å². The summed E-state index contributed by atoms with van der Waals surface area (Å²) in [6.07, 6.45) is 20.8. The van der Waals surface area contributed by atoms with E-state index in [2.05, 4.69) is 55.6 Å². The van der Waals surface area contributed by atoms with Gasteiger partial charge in [0.1, 0.15) is 73.2 Å². The predicted molar refractivity (Wildman–Crippen MR) is 300 cm³/mol. The number of aliphatic hydroxyl groups is 11. The van der Waals surface area contributed by atoms with E-state index in [0.717, 1.165) is 83.5 Å². The summed E-state index contributed by atoms with van der Waals surface area (Å²) in [6, 6.07) is -0.980. The van der Waals surface area contributed by atoms with Gasteiger partial charge < -0.3 is 89.9 Å². The number of carbonyl (C=O) groups is 1. The molecule has 3 aliphatic heterocycles. The minimum atomic E-state index is -1.98. The van der Waals surface area contributed by atoms with Gasteiger partial charge in [0.2, 0.25) is 5.91 Å².